The van der Waals surface area contributed by atoms with Gasteiger partial charge >= 0.3 is 0 Å². The number of carbonyl (C=O) groups is 2. The fourth-order valence-corrected chi connectivity index (χ4v) is 4.91. The van der Waals surface area contributed by atoms with Gasteiger partial charge in [0, 0.05) is 37.3 Å². The summed E-state index contributed by atoms with van der Waals surface area (Å²) in [6, 6.07) is -0.119. The second-order valence-corrected chi connectivity index (χ2v) is 10.8. The minimum absolute atomic E-state index is 0.0392. The van der Waals surface area contributed by atoms with Crippen molar-refractivity contribution in [2.24, 2.45) is 12.8 Å². The molecule has 4 heterocycles. The van der Waals surface area contributed by atoms with Crippen molar-refractivity contribution in [1.29, 1.82) is 0 Å². The molecule has 2 atom stereocenters. The maximum Gasteiger partial charge on any atom is 0.271 e. The number of hydrogen-bond donors (Lipinski definition) is 3. The highest BCUT2D eigenvalue weighted by atomic mass is 32.1. The number of amides is 2. The molecule has 3 aromatic rings. The van der Waals surface area contributed by atoms with Crippen LogP contribution in [0.1, 0.15) is 65.7 Å². The summed E-state index contributed by atoms with van der Waals surface area (Å²) in [5.74, 6) is 0.0682. The first kappa shape index (κ1) is 24.6. The van der Waals surface area contributed by atoms with Crippen LogP contribution in [0.25, 0.3) is 0 Å². The fraction of sp³-hybridized carbons (Fsp3) is 0.478. The minimum atomic E-state index is -0.675. The van der Waals surface area contributed by atoms with Gasteiger partial charge in [-0.2, -0.15) is 5.10 Å². The van der Waals surface area contributed by atoms with E-state index in [1.807, 2.05) is 0 Å². The van der Waals surface area contributed by atoms with Crippen molar-refractivity contribution in [1.82, 2.24) is 30.0 Å². The van der Waals surface area contributed by atoms with E-state index < -0.39 is 5.91 Å². The third-order valence-corrected chi connectivity index (χ3v) is 7.35. The summed E-state index contributed by atoms with van der Waals surface area (Å²) in [5, 5.41) is 11.3. The molecular weight excluding hydrogens is 466 g/mol. The van der Waals surface area contributed by atoms with Crippen molar-refractivity contribution < 1.29 is 9.59 Å². The van der Waals surface area contributed by atoms with E-state index in [9.17, 15) is 9.59 Å². The quantitative estimate of drug-likeness (QED) is 0.471. The molecule has 1 aliphatic rings. The third-order valence-electron chi connectivity index (χ3n) is 5.93. The van der Waals surface area contributed by atoms with Gasteiger partial charge in [0.2, 0.25) is 0 Å². The van der Waals surface area contributed by atoms with E-state index in [-0.39, 0.29) is 34.9 Å². The predicted molar refractivity (Wildman–Crippen MR) is 135 cm³/mol. The number of nitrogens with zero attached hydrogens (tertiary/aromatic N) is 6. The lowest BCUT2D eigenvalue weighted by Crippen LogP contribution is -2.54. The Morgan fingerprint density at radius 1 is 1.20 bits per heavy atom. The number of hydrogen-bond acceptors (Lipinski definition) is 9. The monoisotopic (exact) mass is 497 g/mol. The Morgan fingerprint density at radius 2 is 1.97 bits per heavy atom. The van der Waals surface area contributed by atoms with Gasteiger partial charge in [-0.3, -0.25) is 14.3 Å². The molecule has 11 nitrogen and oxygen atoms in total. The van der Waals surface area contributed by atoms with Crippen LogP contribution in [0, 0.1) is 0 Å². The SMILES string of the molecule is C[C@@H]1[C@H](NC(=O)c2cnc(C(C)(C)C)s2)CCCN1c1cnc(C(N)=O)c(Nc2cnn(C)c2)n1. The number of nitrogens with one attached hydrogen (secondary N) is 2. The number of carbonyl (C=O) groups excluding carboxylic acids is 2. The Hall–Kier alpha value is -3.54. The zero-order chi connectivity index (χ0) is 25.3. The van der Waals surface area contributed by atoms with Gasteiger partial charge in [0.25, 0.3) is 11.8 Å². The maximum atomic E-state index is 13.0. The van der Waals surface area contributed by atoms with Crippen molar-refractivity contribution in [2.45, 2.75) is 58.0 Å². The summed E-state index contributed by atoms with van der Waals surface area (Å²) in [4.78, 5) is 41.0. The highest BCUT2D eigenvalue weighted by Crippen LogP contribution is 2.29. The molecule has 0 spiro atoms. The molecule has 0 aromatic carbocycles. The highest BCUT2D eigenvalue weighted by Gasteiger charge is 2.32. The summed E-state index contributed by atoms with van der Waals surface area (Å²) >= 11 is 1.43. The lowest BCUT2D eigenvalue weighted by atomic mass is 9.97. The standard InChI is InChI=1S/C23H31N9O2S/c1-13-15(29-21(34)16-10-26-22(35-16)23(2,3)4)7-6-8-32(13)17-11-25-18(19(24)33)20(30-17)28-14-9-27-31(5)12-14/h9-13,15H,6-8H2,1-5H3,(H2,24,33)(H,28,30)(H,29,34)/t13-,15-/m1/s1. The molecule has 186 valence electrons. The van der Waals surface area contributed by atoms with E-state index >= 15 is 0 Å². The van der Waals surface area contributed by atoms with E-state index in [1.165, 1.54) is 11.3 Å². The number of primary amides is 1. The Bertz CT molecular complexity index is 1230. The fourth-order valence-electron chi connectivity index (χ4n) is 4.03. The first-order valence-corrected chi connectivity index (χ1v) is 12.3. The van der Waals surface area contributed by atoms with Crippen LogP contribution in [0.3, 0.4) is 0 Å². The number of aryl methyl sites for hydroxylation is 1. The molecule has 1 saturated heterocycles. The predicted octanol–water partition coefficient (Wildman–Crippen LogP) is 2.59. The van der Waals surface area contributed by atoms with Crippen LogP contribution in [-0.2, 0) is 12.5 Å². The first-order chi connectivity index (χ1) is 16.5. The van der Waals surface area contributed by atoms with Gasteiger partial charge in [0.05, 0.1) is 29.3 Å². The second kappa shape index (κ2) is 9.61. The van der Waals surface area contributed by atoms with Gasteiger partial charge in [-0.15, -0.1) is 11.3 Å². The molecule has 12 heteroatoms. The molecule has 0 radical (unpaired) electrons. The molecule has 2 amide bonds. The van der Waals surface area contributed by atoms with Crippen molar-refractivity contribution in [3.63, 3.8) is 0 Å². The van der Waals surface area contributed by atoms with Gasteiger partial charge < -0.3 is 21.3 Å². The number of nitrogens with two attached hydrogens (primary N) is 1. The van der Waals surface area contributed by atoms with Gasteiger partial charge in [-0.25, -0.2) is 15.0 Å². The third kappa shape index (κ3) is 5.42. The van der Waals surface area contributed by atoms with Crippen LogP contribution in [0.4, 0.5) is 17.3 Å². The van der Waals surface area contributed by atoms with E-state index in [0.29, 0.717) is 16.4 Å². The van der Waals surface area contributed by atoms with Crippen LogP contribution in [0.15, 0.2) is 24.8 Å². The number of piperidine rings is 1. The van der Waals surface area contributed by atoms with Crippen molar-refractivity contribution >= 4 is 40.5 Å². The van der Waals surface area contributed by atoms with E-state index in [2.05, 4.69) is 63.3 Å². The Balaban J connectivity index is 1.53. The van der Waals surface area contributed by atoms with Gasteiger partial charge in [-0.05, 0) is 19.8 Å². The minimum Gasteiger partial charge on any atom is -0.364 e. The Kier molecular flexibility index (Phi) is 6.75. The second-order valence-electron chi connectivity index (χ2n) is 9.75. The summed E-state index contributed by atoms with van der Waals surface area (Å²) in [6.45, 7) is 9.04. The molecular formula is C23H31N9O2S. The van der Waals surface area contributed by atoms with Crippen molar-refractivity contribution in [2.75, 3.05) is 16.8 Å². The van der Waals surface area contributed by atoms with E-state index in [1.54, 1.807) is 36.5 Å². The normalized spacial score (nSPS) is 18.4. The van der Waals surface area contributed by atoms with E-state index in [4.69, 9.17) is 5.73 Å². The molecule has 0 saturated carbocycles. The van der Waals surface area contributed by atoms with Crippen molar-refractivity contribution in [3.8, 4) is 0 Å². The molecule has 0 aliphatic carbocycles. The van der Waals surface area contributed by atoms with Gasteiger partial charge in [0.1, 0.15) is 10.7 Å². The van der Waals surface area contributed by atoms with Gasteiger partial charge in [-0.1, -0.05) is 20.8 Å². The van der Waals surface area contributed by atoms with Crippen LogP contribution in [0.2, 0.25) is 0 Å². The number of thiazole rings is 1. The zero-order valence-corrected chi connectivity index (χ0v) is 21.4. The maximum absolute atomic E-state index is 13.0. The van der Waals surface area contributed by atoms with Crippen LogP contribution in [0.5, 0.6) is 0 Å². The molecule has 0 unspecified atom stereocenters. The molecule has 3 aromatic heterocycles. The van der Waals surface area contributed by atoms with Crippen LogP contribution < -0.4 is 21.3 Å². The largest absolute Gasteiger partial charge is 0.364 e. The van der Waals surface area contributed by atoms with Crippen LogP contribution in [-0.4, -0.2) is 55.2 Å². The smallest absolute Gasteiger partial charge is 0.271 e. The van der Waals surface area contributed by atoms with E-state index in [0.717, 1.165) is 24.4 Å². The molecule has 0 bridgehead atoms. The summed E-state index contributed by atoms with van der Waals surface area (Å²) in [6.07, 6.45) is 8.31. The zero-order valence-electron chi connectivity index (χ0n) is 20.6. The summed E-state index contributed by atoms with van der Waals surface area (Å²) in [7, 11) is 1.79. The highest BCUT2D eigenvalue weighted by molar-refractivity contribution is 7.13. The number of anilines is 3. The number of rotatable bonds is 6. The lowest BCUT2D eigenvalue weighted by Gasteiger charge is -2.40. The topological polar surface area (TPSA) is 144 Å². The summed E-state index contributed by atoms with van der Waals surface area (Å²) < 4.78 is 1.64. The summed E-state index contributed by atoms with van der Waals surface area (Å²) in [5.41, 5.74) is 6.13. The molecule has 4 rings (SSSR count). The van der Waals surface area contributed by atoms with Crippen LogP contribution >= 0.6 is 11.3 Å². The molecule has 4 N–H and O–H groups in total. The van der Waals surface area contributed by atoms with Gasteiger partial charge in [0.15, 0.2) is 11.5 Å². The lowest BCUT2D eigenvalue weighted by molar-refractivity contribution is 0.0927. The average molecular weight is 498 g/mol. The van der Waals surface area contributed by atoms with Crippen molar-refractivity contribution in [3.05, 3.63) is 40.4 Å². The molecule has 35 heavy (non-hydrogen) atoms. The Morgan fingerprint density at radius 3 is 2.60 bits per heavy atom. The average Bonchev–Trinajstić information content (AvgIpc) is 3.44. The number of aromatic nitrogens is 5. The molecule has 1 aliphatic heterocycles. The molecule has 1 fully saturated rings. The Labute approximate surface area is 208 Å². The first-order valence-electron chi connectivity index (χ1n) is 11.5.